The van der Waals surface area contributed by atoms with E-state index in [1.165, 1.54) is 99.9 Å². The molecule has 0 atom stereocenters. The molecule has 10 aromatic rings. The van der Waals surface area contributed by atoms with Crippen LogP contribution in [0.3, 0.4) is 0 Å². The normalized spacial score (nSPS) is 14.1. The number of anilines is 3. The highest BCUT2D eigenvalue weighted by atomic mass is 15.1. The van der Waals surface area contributed by atoms with Crippen LogP contribution in [0.1, 0.15) is 49.9 Å². The van der Waals surface area contributed by atoms with Gasteiger partial charge in [0.25, 0.3) is 0 Å². The van der Waals surface area contributed by atoms with Crippen molar-refractivity contribution < 1.29 is 0 Å². The Morgan fingerprint density at radius 2 is 0.887 bits per heavy atom. The average Bonchev–Trinajstić information content (AvgIpc) is 3.87. The van der Waals surface area contributed by atoms with Crippen molar-refractivity contribution >= 4 is 38.9 Å². The minimum atomic E-state index is -0.140. The van der Waals surface area contributed by atoms with Gasteiger partial charge in [-0.1, -0.05) is 179 Å². The second-order valence-corrected chi connectivity index (χ2v) is 18.1. The minimum absolute atomic E-state index is 0.102. The van der Waals surface area contributed by atoms with Crippen LogP contribution in [0.4, 0.5) is 17.1 Å². The van der Waals surface area contributed by atoms with Crippen LogP contribution in [-0.2, 0) is 10.8 Å². The van der Waals surface area contributed by atoms with E-state index < -0.39 is 0 Å². The Morgan fingerprint density at radius 3 is 1.66 bits per heavy atom. The molecule has 0 spiro atoms. The number of hydrogen-bond acceptors (Lipinski definition) is 1. The first-order valence-corrected chi connectivity index (χ1v) is 21.9. The fourth-order valence-corrected chi connectivity index (χ4v) is 11.0. The van der Waals surface area contributed by atoms with Gasteiger partial charge >= 0.3 is 0 Å². The molecule has 62 heavy (non-hydrogen) atoms. The van der Waals surface area contributed by atoms with Crippen LogP contribution in [0.15, 0.2) is 206 Å². The van der Waals surface area contributed by atoms with Gasteiger partial charge in [-0.2, -0.15) is 0 Å². The van der Waals surface area contributed by atoms with Gasteiger partial charge in [-0.3, -0.25) is 0 Å². The molecule has 0 bridgehead atoms. The van der Waals surface area contributed by atoms with Gasteiger partial charge in [-0.15, -0.1) is 0 Å². The highest BCUT2D eigenvalue weighted by molar-refractivity contribution is 6.10. The van der Waals surface area contributed by atoms with Gasteiger partial charge < -0.3 is 9.47 Å². The van der Waals surface area contributed by atoms with Crippen LogP contribution in [0.5, 0.6) is 0 Å². The van der Waals surface area contributed by atoms with Crippen molar-refractivity contribution in [2.45, 2.75) is 38.5 Å². The Kier molecular flexibility index (Phi) is 7.96. The van der Waals surface area contributed by atoms with E-state index in [1.807, 2.05) is 0 Å². The minimum Gasteiger partial charge on any atom is -0.309 e. The largest absolute Gasteiger partial charge is 0.309 e. The van der Waals surface area contributed by atoms with Crippen LogP contribution >= 0.6 is 0 Å². The molecule has 0 radical (unpaired) electrons. The molecule has 2 heteroatoms. The Labute approximate surface area is 364 Å². The summed E-state index contributed by atoms with van der Waals surface area (Å²) in [6.45, 7) is 9.48. The number of aromatic nitrogens is 1. The number of fused-ring (bicyclic) bond motifs is 9. The summed E-state index contributed by atoms with van der Waals surface area (Å²) >= 11 is 0. The Morgan fingerprint density at radius 1 is 0.355 bits per heavy atom. The zero-order valence-electron chi connectivity index (χ0n) is 35.5. The summed E-state index contributed by atoms with van der Waals surface area (Å²) in [6, 6.07) is 76.6. The van der Waals surface area contributed by atoms with E-state index in [9.17, 15) is 0 Å². The maximum atomic E-state index is 2.54. The molecular weight excluding hydrogens is 749 g/mol. The predicted octanol–water partition coefficient (Wildman–Crippen LogP) is 16.2. The highest BCUT2D eigenvalue weighted by Crippen LogP contribution is 2.57. The summed E-state index contributed by atoms with van der Waals surface area (Å²) < 4.78 is 2.39. The first-order chi connectivity index (χ1) is 30.3. The third-order valence-electron chi connectivity index (χ3n) is 14.0. The zero-order chi connectivity index (χ0) is 41.7. The van der Waals surface area contributed by atoms with Gasteiger partial charge in [-0.05, 0) is 110 Å². The molecule has 9 aromatic carbocycles. The van der Waals surface area contributed by atoms with E-state index in [4.69, 9.17) is 0 Å². The Hall–Kier alpha value is -7.42. The summed E-state index contributed by atoms with van der Waals surface area (Å²) in [5, 5.41) is 2.50. The van der Waals surface area contributed by atoms with Gasteiger partial charge in [0.1, 0.15) is 0 Å². The van der Waals surface area contributed by atoms with E-state index in [0.29, 0.717) is 0 Å². The molecule has 0 fully saturated rings. The lowest BCUT2D eigenvalue weighted by atomic mass is 9.82. The van der Waals surface area contributed by atoms with Crippen LogP contribution in [-0.4, -0.2) is 4.57 Å². The standard InChI is InChI=1S/C60H46N2/c1-59(2)49-28-12-8-25-46(49)57-45(27-17-30-51(57)59)43-23-10-14-32-53(43)62(56-34-18-31-52-58(56)47-26-9-13-29-50(47)60(52,3)4)42-22-16-19-39(37-42)40-35-36-55-48(38-40)44-24-11-15-33-54(44)61(55)41-20-6-5-7-21-41/h5-38H,1-4H3. The Balaban J connectivity index is 1.09. The lowest BCUT2D eigenvalue weighted by Crippen LogP contribution is -2.16. The van der Waals surface area contributed by atoms with Crippen LogP contribution in [0, 0.1) is 0 Å². The molecule has 2 aliphatic carbocycles. The molecule has 0 unspecified atom stereocenters. The van der Waals surface area contributed by atoms with Crippen LogP contribution in [0.2, 0.25) is 0 Å². The van der Waals surface area contributed by atoms with Crippen LogP contribution in [0.25, 0.3) is 72.0 Å². The molecule has 296 valence electrons. The summed E-state index contributed by atoms with van der Waals surface area (Å²) in [4.78, 5) is 2.54. The maximum absolute atomic E-state index is 2.54. The monoisotopic (exact) mass is 794 g/mol. The quantitative estimate of drug-likeness (QED) is 0.163. The van der Waals surface area contributed by atoms with Crippen molar-refractivity contribution in [2.75, 3.05) is 4.90 Å². The molecule has 0 saturated carbocycles. The molecule has 1 aromatic heterocycles. The van der Waals surface area contributed by atoms with Gasteiger partial charge in [0.05, 0.1) is 22.4 Å². The van der Waals surface area contributed by atoms with Gasteiger partial charge in [0.2, 0.25) is 0 Å². The number of benzene rings is 9. The second kappa shape index (κ2) is 13.5. The lowest BCUT2D eigenvalue weighted by molar-refractivity contribution is 0.660. The molecular formula is C60H46N2. The molecule has 2 aliphatic rings. The van der Waals surface area contributed by atoms with Gasteiger partial charge in [-0.25, -0.2) is 0 Å². The van der Waals surface area contributed by atoms with E-state index in [0.717, 1.165) is 11.4 Å². The zero-order valence-corrected chi connectivity index (χ0v) is 35.5. The van der Waals surface area contributed by atoms with Crippen molar-refractivity contribution in [2.24, 2.45) is 0 Å². The maximum Gasteiger partial charge on any atom is 0.0543 e. The number of rotatable bonds is 6. The van der Waals surface area contributed by atoms with E-state index in [1.54, 1.807) is 0 Å². The average molecular weight is 795 g/mol. The van der Waals surface area contributed by atoms with Crippen molar-refractivity contribution in [3.8, 4) is 50.2 Å². The van der Waals surface area contributed by atoms with Gasteiger partial charge in [0, 0.05) is 44.1 Å². The molecule has 0 saturated heterocycles. The van der Waals surface area contributed by atoms with E-state index in [-0.39, 0.29) is 10.8 Å². The topological polar surface area (TPSA) is 8.17 Å². The van der Waals surface area contributed by atoms with Gasteiger partial charge in [0.15, 0.2) is 0 Å². The first-order valence-electron chi connectivity index (χ1n) is 21.9. The molecule has 0 aliphatic heterocycles. The summed E-state index contributed by atoms with van der Waals surface area (Å²) in [6.07, 6.45) is 0. The third-order valence-corrected chi connectivity index (χ3v) is 14.0. The third kappa shape index (κ3) is 5.23. The number of para-hydroxylation sites is 3. The first kappa shape index (κ1) is 36.4. The molecule has 0 amide bonds. The summed E-state index contributed by atoms with van der Waals surface area (Å²) in [5.74, 6) is 0. The predicted molar refractivity (Wildman–Crippen MR) is 261 cm³/mol. The van der Waals surface area contributed by atoms with E-state index >= 15 is 0 Å². The molecule has 2 nitrogen and oxygen atoms in total. The second-order valence-electron chi connectivity index (χ2n) is 18.1. The van der Waals surface area contributed by atoms with Crippen molar-refractivity contribution in [3.05, 3.63) is 229 Å². The number of nitrogens with zero attached hydrogens (tertiary/aromatic N) is 2. The highest BCUT2D eigenvalue weighted by Gasteiger charge is 2.39. The fraction of sp³-hybridized carbons (Fsp3) is 0.100. The molecule has 12 rings (SSSR count). The summed E-state index contributed by atoms with van der Waals surface area (Å²) in [7, 11) is 0. The molecule has 0 N–H and O–H groups in total. The van der Waals surface area contributed by atoms with Crippen molar-refractivity contribution in [1.29, 1.82) is 0 Å². The fourth-order valence-electron chi connectivity index (χ4n) is 11.0. The van der Waals surface area contributed by atoms with E-state index in [2.05, 4.69) is 243 Å². The Bertz CT molecular complexity index is 3420. The summed E-state index contributed by atoms with van der Waals surface area (Å²) in [5.41, 5.74) is 22.4. The van der Waals surface area contributed by atoms with Crippen molar-refractivity contribution in [3.63, 3.8) is 0 Å². The van der Waals surface area contributed by atoms with Crippen molar-refractivity contribution in [1.82, 2.24) is 4.57 Å². The lowest BCUT2D eigenvalue weighted by Gasteiger charge is -2.31. The molecule has 1 heterocycles. The smallest absolute Gasteiger partial charge is 0.0543 e. The SMILES string of the molecule is CC1(C)c2ccccc2-c2c(-c3ccccc3N(c3cccc(-c4ccc5c(c4)c4ccccc4n5-c4ccccc4)c3)c3cccc4c3-c3ccccc3C4(C)C)cccc21. The number of hydrogen-bond donors (Lipinski definition) is 0. The van der Waals surface area contributed by atoms with Crippen LogP contribution < -0.4 is 4.90 Å².